The lowest BCUT2D eigenvalue weighted by atomic mass is 10.2. The van der Waals surface area contributed by atoms with Crippen LogP contribution < -0.4 is 10.1 Å². The van der Waals surface area contributed by atoms with Crippen LogP contribution in [0.15, 0.2) is 47.8 Å². The van der Waals surface area contributed by atoms with Crippen LogP contribution in [-0.4, -0.2) is 61.8 Å². The first-order valence-electron chi connectivity index (χ1n) is 10.9. The summed E-state index contributed by atoms with van der Waals surface area (Å²) in [7, 11) is 0. The number of nitrogens with zero attached hydrogens (tertiary/aromatic N) is 2. The van der Waals surface area contributed by atoms with Gasteiger partial charge in [0.25, 0.3) is 0 Å². The third-order valence-corrected chi connectivity index (χ3v) is 6.25. The van der Waals surface area contributed by atoms with Gasteiger partial charge in [0, 0.05) is 38.0 Å². The number of ether oxygens (including phenoxy) is 2. The van der Waals surface area contributed by atoms with Crippen molar-refractivity contribution in [3.05, 3.63) is 47.8 Å². The van der Waals surface area contributed by atoms with Gasteiger partial charge >= 0.3 is 0 Å². The number of fused-ring (bicyclic) bond motifs is 1. The highest BCUT2D eigenvalue weighted by Gasteiger charge is 2.10. The maximum atomic E-state index is 12.0. The monoisotopic (exact) mass is 439 g/mol. The highest BCUT2D eigenvalue weighted by molar-refractivity contribution is 7.13. The van der Waals surface area contributed by atoms with Crippen molar-refractivity contribution in [2.24, 2.45) is 0 Å². The molecule has 0 aliphatic carbocycles. The van der Waals surface area contributed by atoms with Gasteiger partial charge in [-0.25, -0.2) is 4.98 Å². The molecule has 31 heavy (non-hydrogen) atoms. The average Bonchev–Trinajstić information content (AvgIpc) is 3.34. The van der Waals surface area contributed by atoms with E-state index >= 15 is 0 Å². The lowest BCUT2D eigenvalue weighted by Gasteiger charge is -2.26. The molecule has 7 heteroatoms. The Morgan fingerprint density at radius 1 is 1.16 bits per heavy atom. The van der Waals surface area contributed by atoms with E-state index in [1.807, 2.05) is 24.3 Å². The van der Waals surface area contributed by atoms with E-state index in [2.05, 4.69) is 33.8 Å². The number of morpholine rings is 1. The number of unbranched alkanes of at least 4 members (excludes halogenated alkanes) is 1. The van der Waals surface area contributed by atoms with Crippen LogP contribution in [0.4, 0.5) is 0 Å². The SMILES string of the molecule is O=C(CCCCOc1ccc2nc(-c3cccs3)ccc2c1)NCCN1CCOCC1. The summed E-state index contributed by atoms with van der Waals surface area (Å²) in [5.74, 6) is 0.958. The second-order valence-corrected chi connectivity index (χ2v) is 8.59. The number of rotatable bonds is 10. The van der Waals surface area contributed by atoms with E-state index in [4.69, 9.17) is 14.5 Å². The smallest absolute Gasteiger partial charge is 0.220 e. The van der Waals surface area contributed by atoms with Crippen LogP contribution in [0, 0.1) is 0 Å². The summed E-state index contributed by atoms with van der Waals surface area (Å²) in [5.41, 5.74) is 1.96. The zero-order valence-corrected chi connectivity index (χ0v) is 18.5. The van der Waals surface area contributed by atoms with Gasteiger partial charge in [0.2, 0.25) is 5.91 Å². The second kappa shape index (κ2) is 11.2. The molecule has 0 spiro atoms. The molecule has 1 amide bonds. The summed E-state index contributed by atoms with van der Waals surface area (Å²) < 4.78 is 11.2. The number of benzene rings is 1. The van der Waals surface area contributed by atoms with E-state index in [0.717, 1.165) is 68.0 Å². The average molecular weight is 440 g/mol. The van der Waals surface area contributed by atoms with E-state index in [1.54, 1.807) is 11.3 Å². The van der Waals surface area contributed by atoms with Crippen molar-refractivity contribution in [3.8, 4) is 16.3 Å². The molecule has 1 saturated heterocycles. The van der Waals surface area contributed by atoms with Crippen LogP contribution in [0.25, 0.3) is 21.5 Å². The number of pyridine rings is 1. The first-order chi connectivity index (χ1) is 15.3. The summed E-state index contributed by atoms with van der Waals surface area (Å²) in [4.78, 5) is 20.2. The van der Waals surface area contributed by atoms with Crippen LogP contribution in [0.2, 0.25) is 0 Å². The third-order valence-electron chi connectivity index (χ3n) is 5.36. The highest BCUT2D eigenvalue weighted by atomic mass is 32.1. The first kappa shape index (κ1) is 21.7. The molecule has 3 aromatic rings. The van der Waals surface area contributed by atoms with Crippen molar-refractivity contribution in [3.63, 3.8) is 0 Å². The lowest BCUT2D eigenvalue weighted by molar-refractivity contribution is -0.121. The van der Waals surface area contributed by atoms with Gasteiger partial charge in [0.1, 0.15) is 5.75 Å². The quantitative estimate of drug-likeness (QED) is 0.485. The number of nitrogens with one attached hydrogen (secondary N) is 1. The molecule has 164 valence electrons. The molecule has 0 radical (unpaired) electrons. The normalized spacial score (nSPS) is 14.6. The standard InChI is InChI=1S/C24H29N3O3S/c28-24(25-10-11-27-12-15-29-16-13-27)5-1-2-14-30-20-7-9-21-19(18-20)6-8-22(26-21)23-4-3-17-31-23/h3-4,6-9,17-18H,1-2,5,10-16H2,(H,25,28). The van der Waals surface area contributed by atoms with Crippen molar-refractivity contribution in [2.45, 2.75) is 19.3 Å². The summed E-state index contributed by atoms with van der Waals surface area (Å²) in [5, 5.41) is 6.13. The Bertz CT molecular complexity index is 971. The zero-order chi connectivity index (χ0) is 21.3. The molecule has 0 unspecified atom stereocenters. The van der Waals surface area contributed by atoms with Gasteiger partial charge < -0.3 is 14.8 Å². The number of thiophene rings is 1. The number of hydrogen-bond acceptors (Lipinski definition) is 6. The van der Waals surface area contributed by atoms with Crippen molar-refractivity contribution in [1.82, 2.24) is 15.2 Å². The first-order valence-corrected chi connectivity index (χ1v) is 11.8. The van der Waals surface area contributed by atoms with Gasteiger partial charge in [-0.2, -0.15) is 0 Å². The third kappa shape index (κ3) is 6.50. The van der Waals surface area contributed by atoms with Crippen molar-refractivity contribution >= 4 is 28.1 Å². The molecule has 3 heterocycles. The number of aromatic nitrogens is 1. The molecule has 1 aromatic carbocycles. The van der Waals surface area contributed by atoms with Gasteiger partial charge in [0.05, 0.1) is 35.9 Å². The molecular formula is C24H29N3O3S. The van der Waals surface area contributed by atoms with Crippen LogP contribution in [0.1, 0.15) is 19.3 Å². The van der Waals surface area contributed by atoms with Gasteiger partial charge in [-0.15, -0.1) is 11.3 Å². The van der Waals surface area contributed by atoms with Gasteiger partial charge in [-0.3, -0.25) is 9.69 Å². The van der Waals surface area contributed by atoms with Crippen LogP contribution in [0.3, 0.4) is 0 Å². The molecule has 4 rings (SSSR count). The summed E-state index contributed by atoms with van der Waals surface area (Å²) in [6.07, 6.45) is 2.22. The summed E-state index contributed by atoms with van der Waals surface area (Å²) in [6.45, 7) is 5.68. The Hall–Kier alpha value is -2.48. The topological polar surface area (TPSA) is 63.7 Å². The number of amides is 1. The Morgan fingerprint density at radius 3 is 2.90 bits per heavy atom. The van der Waals surface area contributed by atoms with Crippen LogP contribution in [0.5, 0.6) is 5.75 Å². The predicted molar refractivity (Wildman–Crippen MR) is 125 cm³/mol. The van der Waals surface area contributed by atoms with Crippen molar-refractivity contribution in [2.75, 3.05) is 46.0 Å². The molecule has 0 bridgehead atoms. The fourth-order valence-electron chi connectivity index (χ4n) is 3.60. The van der Waals surface area contributed by atoms with E-state index in [-0.39, 0.29) is 5.91 Å². The largest absolute Gasteiger partial charge is 0.494 e. The van der Waals surface area contributed by atoms with Gasteiger partial charge in [-0.1, -0.05) is 12.1 Å². The number of hydrogen-bond donors (Lipinski definition) is 1. The Kier molecular flexibility index (Phi) is 7.87. The summed E-state index contributed by atoms with van der Waals surface area (Å²) in [6, 6.07) is 14.3. The van der Waals surface area contributed by atoms with Crippen molar-refractivity contribution in [1.29, 1.82) is 0 Å². The summed E-state index contributed by atoms with van der Waals surface area (Å²) >= 11 is 1.69. The molecule has 1 N–H and O–H groups in total. The molecule has 2 aromatic heterocycles. The lowest BCUT2D eigenvalue weighted by Crippen LogP contribution is -2.41. The van der Waals surface area contributed by atoms with Crippen LogP contribution >= 0.6 is 11.3 Å². The molecule has 1 fully saturated rings. The molecule has 0 saturated carbocycles. The maximum Gasteiger partial charge on any atom is 0.220 e. The molecule has 1 aliphatic heterocycles. The predicted octanol–water partition coefficient (Wildman–Crippen LogP) is 3.96. The maximum absolute atomic E-state index is 12.0. The molecule has 0 atom stereocenters. The minimum atomic E-state index is 0.117. The second-order valence-electron chi connectivity index (χ2n) is 7.64. The van der Waals surface area contributed by atoms with E-state index in [9.17, 15) is 4.79 Å². The number of carbonyl (C=O) groups is 1. The van der Waals surface area contributed by atoms with Crippen molar-refractivity contribution < 1.29 is 14.3 Å². The van der Waals surface area contributed by atoms with E-state index < -0.39 is 0 Å². The fraction of sp³-hybridized carbons (Fsp3) is 0.417. The van der Waals surface area contributed by atoms with Gasteiger partial charge in [0.15, 0.2) is 0 Å². The molecule has 1 aliphatic rings. The zero-order valence-electron chi connectivity index (χ0n) is 17.7. The van der Waals surface area contributed by atoms with Gasteiger partial charge in [-0.05, 0) is 48.6 Å². The van der Waals surface area contributed by atoms with E-state index in [1.165, 1.54) is 4.88 Å². The highest BCUT2D eigenvalue weighted by Crippen LogP contribution is 2.26. The minimum absolute atomic E-state index is 0.117. The number of carbonyl (C=O) groups excluding carboxylic acids is 1. The molecular weight excluding hydrogens is 410 g/mol. The Morgan fingerprint density at radius 2 is 2.06 bits per heavy atom. The van der Waals surface area contributed by atoms with E-state index in [0.29, 0.717) is 19.6 Å². The Labute approximate surface area is 187 Å². The Balaban J connectivity index is 1.14. The molecule has 6 nitrogen and oxygen atoms in total. The minimum Gasteiger partial charge on any atom is -0.494 e. The van der Waals surface area contributed by atoms with Crippen LogP contribution in [-0.2, 0) is 9.53 Å². The fourth-order valence-corrected chi connectivity index (χ4v) is 4.29.